The molecule has 0 N–H and O–H groups in total. The summed E-state index contributed by atoms with van der Waals surface area (Å²) in [7, 11) is 1.63. The van der Waals surface area contributed by atoms with Crippen LogP contribution in [0.1, 0.15) is 40.8 Å². The van der Waals surface area contributed by atoms with E-state index in [0.29, 0.717) is 25.4 Å². The lowest BCUT2D eigenvalue weighted by Gasteiger charge is -2.33. The topological polar surface area (TPSA) is 73.1 Å². The minimum atomic E-state index is -0.137. The van der Waals surface area contributed by atoms with E-state index in [2.05, 4.69) is 15.2 Å². The van der Waals surface area contributed by atoms with Crippen LogP contribution in [0.2, 0.25) is 0 Å². The third kappa shape index (κ3) is 2.48. The van der Waals surface area contributed by atoms with E-state index >= 15 is 0 Å². The van der Waals surface area contributed by atoms with Gasteiger partial charge in [-0.1, -0.05) is 6.07 Å². The molecule has 2 aromatic heterocycles. The number of nitrogens with zero attached hydrogens (tertiary/aromatic N) is 5. The average Bonchev–Trinajstić information content (AvgIpc) is 2.92. The van der Waals surface area contributed by atoms with Crippen molar-refractivity contribution in [1.82, 2.24) is 24.6 Å². The number of carbonyl (C=O) groups excluding carboxylic acids is 1. The van der Waals surface area contributed by atoms with Crippen molar-refractivity contribution in [2.24, 2.45) is 0 Å². The summed E-state index contributed by atoms with van der Waals surface area (Å²) in [4.78, 5) is 18.8. The Balaban J connectivity index is 1.86. The molecule has 22 heavy (non-hydrogen) atoms. The zero-order valence-corrected chi connectivity index (χ0v) is 13.0. The Morgan fingerprint density at radius 2 is 2.18 bits per heavy atom. The maximum Gasteiger partial charge on any atom is 0.273 e. The average molecular weight is 301 g/mol. The van der Waals surface area contributed by atoms with Crippen LogP contribution in [-0.4, -0.2) is 44.2 Å². The maximum absolute atomic E-state index is 12.7. The van der Waals surface area contributed by atoms with E-state index in [1.54, 1.807) is 18.1 Å². The summed E-state index contributed by atoms with van der Waals surface area (Å²) in [5, 5.41) is 8.37. The van der Waals surface area contributed by atoms with Crippen LogP contribution < -0.4 is 0 Å². The van der Waals surface area contributed by atoms with Crippen molar-refractivity contribution in [2.75, 3.05) is 13.7 Å². The summed E-state index contributed by atoms with van der Waals surface area (Å²) in [6.45, 7) is 5.54. The first-order valence-corrected chi connectivity index (χ1v) is 7.27. The molecule has 1 amide bonds. The van der Waals surface area contributed by atoms with E-state index in [4.69, 9.17) is 4.74 Å². The van der Waals surface area contributed by atoms with Crippen molar-refractivity contribution in [3.05, 3.63) is 41.2 Å². The Hall–Kier alpha value is -2.28. The first-order chi connectivity index (χ1) is 10.6. The normalized spacial score (nSPS) is 17.4. The number of amides is 1. The highest BCUT2D eigenvalue weighted by atomic mass is 16.5. The number of carbonyl (C=O) groups is 1. The highest BCUT2D eigenvalue weighted by Gasteiger charge is 2.32. The second-order valence-corrected chi connectivity index (χ2v) is 5.40. The van der Waals surface area contributed by atoms with Crippen LogP contribution >= 0.6 is 0 Å². The van der Waals surface area contributed by atoms with Gasteiger partial charge in [0, 0.05) is 25.9 Å². The van der Waals surface area contributed by atoms with Crippen LogP contribution in [0.5, 0.6) is 0 Å². The number of rotatable bonds is 3. The van der Waals surface area contributed by atoms with Gasteiger partial charge in [-0.2, -0.15) is 0 Å². The van der Waals surface area contributed by atoms with Crippen LogP contribution in [0.25, 0.3) is 0 Å². The molecular weight excluding hydrogens is 282 g/mol. The SMILES string of the molecule is COCc1nnc2n1CCN(C(=O)c1cccc(C)n1)C2C. The molecule has 2 aromatic rings. The van der Waals surface area contributed by atoms with E-state index in [-0.39, 0.29) is 11.9 Å². The van der Waals surface area contributed by atoms with Gasteiger partial charge >= 0.3 is 0 Å². The first kappa shape index (κ1) is 14.6. The smallest absolute Gasteiger partial charge is 0.273 e. The number of ether oxygens (including phenoxy) is 1. The standard InChI is InChI=1S/C15H19N5O2/c1-10-5-4-6-12(16-10)15(21)19-7-8-20-13(9-22-3)17-18-14(20)11(19)2/h4-6,11H,7-9H2,1-3H3. The van der Waals surface area contributed by atoms with Gasteiger partial charge in [-0.25, -0.2) is 4.98 Å². The largest absolute Gasteiger partial charge is 0.377 e. The van der Waals surface area contributed by atoms with E-state index < -0.39 is 0 Å². The number of pyridine rings is 1. The van der Waals surface area contributed by atoms with Gasteiger partial charge in [0.1, 0.15) is 12.3 Å². The number of aryl methyl sites for hydroxylation is 1. The molecule has 7 heteroatoms. The molecule has 1 unspecified atom stereocenters. The molecule has 1 aliphatic heterocycles. The molecule has 0 spiro atoms. The van der Waals surface area contributed by atoms with Gasteiger partial charge < -0.3 is 14.2 Å². The Bertz CT molecular complexity index is 697. The third-order valence-corrected chi connectivity index (χ3v) is 3.90. The van der Waals surface area contributed by atoms with Gasteiger partial charge in [0.05, 0.1) is 6.04 Å². The van der Waals surface area contributed by atoms with Gasteiger partial charge in [-0.3, -0.25) is 4.79 Å². The molecule has 1 aliphatic rings. The van der Waals surface area contributed by atoms with E-state index in [0.717, 1.165) is 17.3 Å². The summed E-state index contributed by atoms with van der Waals surface area (Å²) >= 11 is 0. The zero-order valence-electron chi connectivity index (χ0n) is 13.0. The highest BCUT2D eigenvalue weighted by Crippen LogP contribution is 2.25. The fourth-order valence-corrected chi connectivity index (χ4v) is 2.77. The lowest BCUT2D eigenvalue weighted by molar-refractivity contribution is 0.0626. The predicted molar refractivity (Wildman–Crippen MR) is 79.2 cm³/mol. The van der Waals surface area contributed by atoms with E-state index in [1.807, 2.05) is 30.5 Å². The molecule has 0 saturated carbocycles. The number of hydrogen-bond acceptors (Lipinski definition) is 5. The van der Waals surface area contributed by atoms with Gasteiger partial charge in [0.15, 0.2) is 11.6 Å². The molecule has 0 aliphatic carbocycles. The molecule has 0 fully saturated rings. The van der Waals surface area contributed by atoms with Crippen molar-refractivity contribution in [2.45, 2.75) is 33.0 Å². The van der Waals surface area contributed by atoms with E-state index in [9.17, 15) is 4.79 Å². The number of fused-ring (bicyclic) bond motifs is 1. The van der Waals surface area contributed by atoms with Crippen LogP contribution in [-0.2, 0) is 17.9 Å². The summed E-state index contributed by atoms with van der Waals surface area (Å²) < 4.78 is 7.16. The monoisotopic (exact) mass is 301 g/mol. The first-order valence-electron chi connectivity index (χ1n) is 7.27. The molecule has 1 atom stereocenters. The van der Waals surface area contributed by atoms with Gasteiger partial charge in [0.25, 0.3) is 5.91 Å². The Kier molecular flexibility index (Phi) is 3.89. The summed E-state index contributed by atoms with van der Waals surface area (Å²) in [5.41, 5.74) is 1.30. The van der Waals surface area contributed by atoms with Gasteiger partial charge in [-0.05, 0) is 26.0 Å². The fraction of sp³-hybridized carbons (Fsp3) is 0.467. The lowest BCUT2D eigenvalue weighted by atomic mass is 10.1. The highest BCUT2D eigenvalue weighted by molar-refractivity contribution is 5.92. The summed E-state index contributed by atoms with van der Waals surface area (Å²) in [5.74, 6) is 1.52. The van der Waals surface area contributed by atoms with Crippen LogP contribution in [0.15, 0.2) is 18.2 Å². The van der Waals surface area contributed by atoms with Crippen molar-refractivity contribution in [3.63, 3.8) is 0 Å². The van der Waals surface area contributed by atoms with Crippen LogP contribution in [0.4, 0.5) is 0 Å². The molecule has 3 heterocycles. The summed E-state index contributed by atoms with van der Waals surface area (Å²) in [6.07, 6.45) is 0. The lowest BCUT2D eigenvalue weighted by Crippen LogP contribution is -2.41. The molecule has 0 radical (unpaired) electrons. The number of hydrogen-bond donors (Lipinski definition) is 0. The number of methoxy groups -OCH3 is 1. The van der Waals surface area contributed by atoms with Gasteiger partial charge in [-0.15, -0.1) is 10.2 Å². The molecule has 3 rings (SSSR count). The minimum Gasteiger partial charge on any atom is -0.377 e. The van der Waals surface area contributed by atoms with Crippen molar-refractivity contribution >= 4 is 5.91 Å². The number of aromatic nitrogens is 4. The minimum absolute atomic E-state index is 0.0706. The zero-order chi connectivity index (χ0) is 15.7. The molecule has 116 valence electrons. The van der Waals surface area contributed by atoms with Crippen molar-refractivity contribution < 1.29 is 9.53 Å². The Labute approximate surface area is 128 Å². The Morgan fingerprint density at radius 3 is 2.91 bits per heavy atom. The van der Waals surface area contributed by atoms with Crippen molar-refractivity contribution in [3.8, 4) is 0 Å². The van der Waals surface area contributed by atoms with Gasteiger partial charge in [0.2, 0.25) is 0 Å². The fourth-order valence-electron chi connectivity index (χ4n) is 2.77. The predicted octanol–water partition coefficient (Wildman–Crippen LogP) is 1.34. The molecular formula is C15H19N5O2. The molecule has 0 bridgehead atoms. The third-order valence-electron chi connectivity index (χ3n) is 3.90. The second kappa shape index (κ2) is 5.84. The van der Waals surface area contributed by atoms with Crippen LogP contribution in [0.3, 0.4) is 0 Å². The maximum atomic E-state index is 12.7. The second-order valence-electron chi connectivity index (χ2n) is 5.40. The molecule has 7 nitrogen and oxygen atoms in total. The molecule has 0 saturated heterocycles. The van der Waals surface area contributed by atoms with E-state index in [1.165, 1.54) is 0 Å². The van der Waals surface area contributed by atoms with Crippen LogP contribution in [0, 0.1) is 6.92 Å². The quantitative estimate of drug-likeness (QED) is 0.855. The summed E-state index contributed by atoms with van der Waals surface area (Å²) in [6, 6.07) is 5.34. The Morgan fingerprint density at radius 1 is 1.36 bits per heavy atom. The van der Waals surface area contributed by atoms with Crippen molar-refractivity contribution in [1.29, 1.82) is 0 Å². The molecule has 0 aromatic carbocycles.